The highest BCUT2D eigenvalue weighted by atomic mass is 32.2. The predicted molar refractivity (Wildman–Crippen MR) is 118 cm³/mol. The highest BCUT2D eigenvalue weighted by Crippen LogP contribution is 2.31. The molecule has 2 aromatic rings. The Kier molecular flexibility index (Phi) is 6.97. The zero-order valence-corrected chi connectivity index (χ0v) is 17.8. The minimum absolute atomic E-state index is 0.241. The van der Waals surface area contributed by atoms with Crippen LogP contribution >= 0.6 is 11.8 Å². The van der Waals surface area contributed by atoms with Crippen LogP contribution in [0.25, 0.3) is 6.08 Å². The van der Waals surface area contributed by atoms with E-state index < -0.39 is 0 Å². The van der Waals surface area contributed by atoms with Gasteiger partial charge < -0.3 is 18.9 Å². The molecular formula is C21H21N3O5S. The predicted octanol–water partition coefficient (Wildman–Crippen LogP) is 3.32. The maximum Gasteiger partial charge on any atom is 0.264 e. The van der Waals surface area contributed by atoms with Crippen LogP contribution in [0, 0.1) is 0 Å². The number of carbonyl (C=O) groups is 1. The first-order chi connectivity index (χ1) is 14.6. The van der Waals surface area contributed by atoms with Crippen LogP contribution in [0.3, 0.4) is 0 Å². The first-order valence-electron chi connectivity index (χ1n) is 8.84. The van der Waals surface area contributed by atoms with E-state index in [1.54, 1.807) is 65.0 Å². The van der Waals surface area contributed by atoms with Crippen LogP contribution in [0.1, 0.15) is 11.1 Å². The van der Waals surface area contributed by atoms with E-state index in [4.69, 9.17) is 18.9 Å². The smallest absolute Gasteiger partial charge is 0.264 e. The number of methoxy groups -OCH3 is 4. The maximum atomic E-state index is 12.2. The molecule has 9 heteroatoms. The van der Waals surface area contributed by atoms with Gasteiger partial charge in [-0.3, -0.25) is 10.1 Å². The Morgan fingerprint density at radius 3 is 2.00 bits per heavy atom. The van der Waals surface area contributed by atoms with Gasteiger partial charge in [0.15, 0.2) is 28.2 Å². The van der Waals surface area contributed by atoms with Crippen molar-refractivity contribution in [1.29, 1.82) is 0 Å². The summed E-state index contributed by atoms with van der Waals surface area (Å²) in [4.78, 5) is 12.7. The topological polar surface area (TPSA) is 90.7 Å². The second-order valence-corrected chi connectivity index (χ2v) is 6.97. The van der Waals surface area contributed by atoms with Gasteiger partial charge in [-0.05, 0) is 59.3 Å². The number of ether oxygens (including phenoxy) is 4. The monoisotopic (exact) mass is 427 g/mol. The molecule has 0 aromatic heterocycles. The summed E-state index contributed by atoms with van der Waals surface area (Å²) >= 11 is 1.21. The number of hydrogen-bond donors (Lipinski definition) is 1. The first kappa shape index (κ1) is 21.3. The standard InChI is InChI=1S/C21H21N3O5S/c1-26-15-7-5-13(9-17(15)28-3)11-19-20(25)23-21(30-19)24-22-12-14-6-8-16(27-2)18(10-14)29-4/h5-12H,1-4H3,(H,23,24,25)/b19-11-,22-12-. The van der Waals surface area contributed by atoms with Crippen LogP contribution in [0.15, 0.2) is 51.5 Å². The lowest BCUT2D eigenvalue weighted by Crippen LogP contribution is -2.19. The summed E-state index contributed by atoms with van der Waals surface area (Å²) in [6, 6.07) is 10.8. The zero-order valence-electron chi connectivity index (χ0n) is 17.0. The minimum Gasteiger partial charge on any atom is -0.493 e. The second-order valence-electron chi connectivity index (χ2n) is 5.94. The SMILES string of the molecule is COc1ccc(/C=N\N=C2/NC(=O)/C(=C/c3ccc(OC)c(OC)c3)S2)cc1OC. The molecule has 1 saturated heterocycles. The molecule has 0 saturated carbocycles. The summed E-state index contributed by atoms with van der Waals surface area (Å²) in [6.45, 7) is 0. The normalized spacial score (nSPS) is 16.2. The zero-order chi connectivity index (χ0) is 21.5. The van der Waals surface area contributed by atoms with Gasteiger partial charge in [-0.1, -0.05) is 6.07 Å². The van der Waals surface area contributed by atoms with Crippen LogP contribution in [-0.2, 0) is 4.79 Å². The minimum atomic E-state index is -0.241. The van der Waals surface area contributed by atoms with E-state index in [0.29, 0.717) is 33.1 Å². The van der Waals surface area contributed by atoms with E-state index in [0.717, 1.165) is 11.1 Å². The number of carbonyl (C=O) groups excluding carboxylic acids is 1. The summed E-state index contributed by atoms with van der Waals surface area (Å²) in [5, 5.41) is 11.2. The highest BCUT2D eigenvalue weighted by Gasteiger charge is 2.24. The quantitative estimate of drug-likeness (QED) is 0.414. The highest BCUT2D eigenvalue weighted by molar-refractivity contribution is 8.18. The van der Waals surface area contributed by atoms with Crippen molar-refractivity contribution in [2.45, 2.75) is 0 Å². The first-order valence-corrected chi connectivity index (χ1v) is 9.65. The third-order valence-corrected chi connectivity index (χ3v) is 5.02. The summed E-state index contributed by atoms with van der Waals surface area (Å²) in [7, 11) is 6.27. The molecule has 0 aliphatic carbocycles. The van der Waals surface area contributed by atoms with E-state index in [2.05, 4.69) is 15.5 Å². The van der Waals surface area contributed by atoms with Crippen LogP contribution < -0.4 is 24.3 Å². The molecule has 0 radical (unpaired) electrons. The van der Waals surface area contributed by atoms with Crippen molar-refractivity contribution in [2.24, 2.45) is 10.2 Å². The molecule has 0 spiro atoms. The Morgan fingerprint density at radius 1 is 0.833 bits per heavy atom. The van der Waals surface area contributed by atoms with Gasteiger partial charge in [0.1, 0.15) is 0 Å². The molecule has 8 nitrogen and oxygen atoms in total. The van der Waals surface area contributed by atoms with Gasteiger partial charge >= 0.3 is 0 Å². The van der Waals surface area contributed by atoms with Crippen molar-refractivity contribution in [1.82, 2.24) is 5.32 Å². The van der Waals surface area contributed by atoms with Gasteiger partial charge in [0.25, 0.3) is 5.91 Å². The van der Waals surface area contributed by atoms with Crippen LogP contribution in [0.4, 0.5) is 0 Å². The van der Waals surface area contributed by atoms with Gasteiger partial charge in [-0.15, -0.1) is 5.10 Å². The van der Waals surface area contributed by atoms with Crippen molar-refractivity contribution >= 4 is 35.1 Å². The molecule has 1 aliphatic heterocycles. The molecule has 1 aliphatic rings. The lowest BCUT2D eigenvalue weighted by Gasteiger charge is -2.07. The van der Waals surface area contributed by atoms with Gasteiger partial charge in [0, 0.05) is 0 Å². The average molecular weight is 427 g/mol. The van der Waals surface area contributed by atoms with Gasteiger partial charge in [0.2, 0.25) is 0 Å². The van der Waals surface area contributed by atoms with Crippen LogP contribution in [0.2, 0.25) is 0 Å². The third kappa shape index (κ3) is 4.93. The van der Waals surface area contributed by atoms with Crippen LogP contribution in [-0.4, -0.2) is 45.7 Å². The number of amides is 1. The summed E-state index contributed by atoms with van der Waals surface area (Å²) < 4.78 is 21.0. The molecule has 1 fully saturated rings. The fourth-order valence-corrected chi connectivity index (χ4v) is 3.43. The average Bonchev–Trinajstić information content (AvgIpc) is 3.12. The van der Waals surface area contributed by atoms with Gasteiger partial charge in [-0.2, -0.15) is 5.10 Å². The largest absolute Gasteiger partial charge is 0.493 e. The lowest BCUT2D eigenvalue weighted by molar-refractivity contribution is -0.115. The molecule has 0 unspecified atom stereocenters. The number of benzene rings is 2. The van der Waals surface area contributed by atoms with E-state index in [1.165, 1.54) is 11.8 Å². The summed E-state index contributed by atoms with van der Waals surface area (Å²) in [5.74, 6) is 2.19. The molecular weight excluding hydrogens is 406 g/mol. The molecule has 1 N–H and O–H groups in total. The van der Waals surface area contributed by atoms with Crippen molar-refractivity contribution in [3.63, 3.8) is 0 Å². The Hall–Kier alpha value is -3.46. The van der Waals surface area contributed by atoms with Crippen molar-refractivity contribution in [3.05, 3.63) is 52.4 Å². The number of nitrogens with zero attached hydrogens (tertiary/aromatic N) is 2. The molecule has 1 amide bonds. The maximum absolute atomic E-state index is 12.2. The Bertz CT molecular complexity index is 1030. The Balaban J connectivity index is 1.73. The van der Waals surface area contributed by atoms with Crippen molar-refractivity contribution < 1.29 is 23.7 Å². The summed E-state index contributed by atoms with van der Waals surface area (Å²) in [5.41, 5.74) is 1.59. The fraction of sp³-hybridized carbons (Fsp3) is 0.190. The number of hydrogen-bond acceptors (Lipinski definition) is 8. The number of thioether (sulfide) groups is 1. The molecule has 156 valence electrons. The second kappa shape index (κ2) is 9.84. The van der Waals surface area contributed by atoms with Gasteiger partial charge in [0.05, 0.1) is 39.6 Å². The van der Waals surface area contributed by atoms with E-state index in [1.807, 2.05) is 12.1 Å². The molecule has 30 heavy (non-hydrogen) atoms. The summed E-state index contributed by atoms with van der Waals surface area (Å²) in [6.07, 6.45) is 3.32. The lowest BCUT2D eigenvalue weighted by atomic mass is 10.2. The van der Waals surface area contributed by atoms with E-state index in [9.17, 15) is 4.79 Å². The van der Waals surface area contributed by atoms with E-state index in [-0.39, 0.29) is 5.91 Å². The molecule has 3 rings (SSSR count). The van der Waals surface area contributed by atoms with Gasteiger partial charge in [-0.25, -0.2) is 0 Å². The third-order valence-electron chi connectivity index (χ3n) is 4.12. The molecule has 0 bridgehead atoms. The fourth-order valence-electron chi connectivity index (χ4n) is 2.65. The van der Waals surface area contributed by atoms with E-state index >= 15 is 0 Å². The molecule has 0 atom stereocenters. The van der Waals surface area contributed by atoms with Crippen molar-refractivity contribution in [2.75, 3.05) is 28.4 Å². The Labute approximate surface area is 178 Å². The number of rotatable bonds is 7. The number of amidine groups is 1. The molecule has 1 heterocycles. The Morgan fingerprint density at radius 2 is 1.40 bits per heavy atom. The number of nitrogens with one attached hydrogen (secondary N) is 1. The molecule has 2 aromatic carbocycles. The van der Waals surface area contributed by atoms with Crippen LogP contribution in [0.5, 0.6) is 23.0 Å². The van der Waals surface area contributed by atoms with Crippen molar-refractivity contribution in [3.8, 4) is 23.0 Å².